The Hall–Kier alpha value is -2.25. The van der Waals surface area contributed by atoms with Gasteiger partial charge in [-0.2, -0.15) is 4.98 Å². The van der Waals surface area contributed by atoms with Crippen molar-refractivity contribution < 1.29 is 9.13 Å². The minimum absolute atomic E-state index is 0.218. The first kappa shape index (κ1) is 18.1. The van der Waals surface area contributed by atoms with E-state index in [-0.39, 0.29) is 11.9 Å². The zero-order chi connectivity index (χ0) is 18.8. The Morgan fingerprint density at radius 2 is 1.89 bits per heavy atom. The average molecular weight is 371 g/mol. The summed E-state index contributed by atoms with van der Waals surface area (Å²) in [5.74, 6) is 1.39. The molecule has 0 spiro atoms. The number of anilines is 2. The van der Waals surface area contributed by atoms with Crippen LogP contribution in [0.1, 0.15) is 13.8 Å². The van der Waals surface area contributed by atoms with Gasteiger partial charge in [0.2, 0.25) is 5.95 Å². The zero-order valence-electron chi connectivity index (χ0n) is 15.9. The Kier molecular flexibility index (Phi) is 5.22. The van der Waals surface area contributed by atoms with Gasteiger partial charge in [0.25, 0.3) is 0 Å². The van der Waals surface area contributed by atoms with Crippen molar-refractivity contribution in [3.05, 3.63) is 36.1 Å². The normalized spacial score (nSPS) is 23.5. The number of morpholine rings is 1. The molecule has 1 N–H and O–H groups in total. The van der Waals surface area contributed by atoms with Crippen molar-refractivity contribution in [1.29, 1.82) is 0 Å². The molecule has 7 heteroatoms. The van der Waals surface area contributed by atoms with E-state index in [9.17, 15) is 4.39 Å². The minimum atomic E-state index is -0.245. The third kappa shape index (κ3) is 3.89. The highest BCUT2D eigenvalue weighted by Gasteiger charge is 2.25. The molecule has 2 aliphatic rings. The summed E-state index contributed by atoms with van der Waals surface area (Å²) in [5.41, 5.74) is 1.71. The van der Waals surface area contributed by atoms with Gasteiger partial charge >= 0.3 is 0 Å². The molecule has 2 aliphatic heterocycles. The molecule has 1 unspecified atom stereocenters. The van der Waals surface area contributed by atoms with E-state index in [1.807, 2.05) is 6.07 Å². The standard InChI is InChI=1S/C20H26FN5O/c1-14-12-22-7-8-25(14)19-11-18(16-3-5-17(21)6-4-16)23-20(24-19)26-9-10-27-13-15(26)2/h3-6,11,14-15,22H,7-10,12-13H2,1-2H3/t14?,15-/m1/s1. The molecule has 1 aromatic heterocycles. The van der Waals surface area contributed by atoms with E-state index in [2.05, 4.69) is 29.0 Å². The fraction of sp³-hybridized carbons (Fsp3) is 0.500. The van der Waals surface area contributed by atoms with Crippen molar-refractivity contribution in [3.63, 3.8) is 0 Å². The molecule has 2 fully saturated rings. The molecule has 2 saturated heterocycles. The summed E-state index contributed by atoms with van der Waals surface area (Å²) in [5, 5.41) is 3.42. The van der Waals surface area contributed by atoms with E-state index in [1.54, 1.807) is 12.1 Å². The maximum Gasteiger partial charge on any atom is 0.228 e. The third-order valence-corrected chi connectivity index (χ3v) is 5.26. The fourth-order valence-electron chi connectivity index (χ4n) is 3.67. The average Bonchev–Trinajstić information content (AvgIpc) is 2.69. The lowest BCUT2D eigenvalue weighted by Crippen LogP contribution is -2.50. The van der Waals surface area contributed by atoms with Crippen LogP contribution in [0.25, 0.3) is 11.3 Å². The van der Waals surface area contributed by atoms with Crippen LogP contribution < -0.4 is 15.1 Å². The molecule has 0 aliphatic carbocycles. The Morgan fingerprint density at radius 3 is 2.63 bits per heavy atom. The Morgan fingerprint density at radius 1 is 1.07 bits per heavy atom. The monoisotopic (exact) mass is 371 g/mol. The van der Waals surface area contributed by atoms with Crippen LogP contribution >= 0.6 is 0 Å². The number of ether oxygens (including phenoxy) is 1. The molecular weight excluding hydrogens is 345 g/mol. The first-order chi connectivity index (χ1) is 13.1. The maximum atomic E-state index is 13.4. The highest BCUT2D eigenvalue weighted by Crippen LogP contribution is 2.28. The summed E-state index contributed by atoms with van der Waals surface area (Å²) in [7, 11) is 0. The molecule has 144 valence electrons. The van der Waals surface area contributed by atoms with Gasteiger partial charge in [-0.05, 0) is 38.1 Å². The fourth-order valence-corrected chi connectivity index (χ4v) is 3.67. The highest BCUT2D eigenvalue weighted by atomic mass is 19.1. The summed E-state index contributed by atoms with van der Waals surface area (Å²) in [6.45, 7) is 9.20. The number of rotatable bonds is 3. The topological polar surface area (TPSA) is 53.5 Å². The first-order valence-corrected chi connectivity index (χ1v) is 9.58. The predicted molar refractivity (Wildman–Crippen MR) is 105 cm³/mol. The van der Waals surface area contributed by atoms with Crippen molar-refractivity contribution >= 4 is 11.8 Å². The lowest BCUT2D eigenvalue weighted by molar-refractivity contribution is 0.0981. The maximum absolute atomic E-state index is 13.4. The van der Waals surface area contributed by atoms with E-state index in [1.165, 1.54) is 12.1 Å². The third-order valence-electron chi connectivity index (χ3n) is 5.26. The van der Waals surface area contributed by atoms with Crippen molar-refractivity contribution in [1.82, 2.24) is 15.3 Å². The zero-order valence-corrected chi connectivity index (χ0v) is 15.9. The SMILES string of the molecule is CC1CNCCN1c1cc(-c2ccc(F)cc2)nc(N2CCOC[C@H]2C)n1. The number of halogens is 1. The molecule has 6 nitrogen and oxygen atoms in total. The number of piperazine rings is 1. The van der Waals surface area contributed by atoms with Gasteiger partial charge in [-0.15, -0.1) is 0 Å². The number of hydrogen-bond donors (Lipinski definition) is 1. The Bertz CT molecular complexity index is 744. The van der Waals surface area contributed by atoms with Crippen molar-refractivity contribution in [2.45, 2.75) is 25.9 Å². The van der Waals surface area contributed by atoms with Crippen LogP contribution in [0.4, 0.5) is 16.2 Å². The van der Waals surface area contributed by atoms with Gasteiger partial charge in [-0.3, -0.25) is 0 Å². The van der Waals surface area contributed by atoms with Crippen molar-refractivity contribution in [2.75, 3.05) is 49.2 Å². The van der Waals surface area contributed by atoms with E-state index in [0.717, 1.165) is 43.3 Å². The smallest absolute Gasteiger partial charge is 0.228 e. The van der Waals surface area contributed by atoms with Gasteiger partial charge in [0.05, 0.1) is 24.9 Å². The largest absolute Gasteiger partial charge is 0.377 e. The van der Waals surface area contributed by atoms with Gasteiger partial charge in [-0.25, -0.2) is 9.37 Å². The van der Waals surface area contributed by atoms with Crippen LogP contribution in [-0.2, 0) is 4.74 Å². The van der Waals surface area contributed by atoms with Crippen LogP contribution in [0.5, 0.6) is 0 Å². The molecule has 0 radical (unpaired) electrons. The lowest BCUT2D eigenvalue weighted by Gasteiger charge is -2.37. The second-order valence-corrected chi connectivity index (χ2v) is 7.28. The number of nitrogens with one attached hydrogen (secondary N) is 1. The highest BCUT2D eigenvalue weighted by molar-refractivity contribution is 5.65. The summed E-state index contributed by atoms with van der Waals surface area (Å²) in [6, 6.07) is 9.08. The molecule has 4 rings (SSSR count). The molecule has 0 bridgehead atoms. The number of benzene rings is 1. The lowest BCUT2D eigenvalue weighted by atomic mass is 10.1. The van der Waals surface area contributed by atoms with Crippen LogP contribution in [0, 0.1) is 5.82 Å². The summed E-state index contributed by atoms with van der Waals surface area (Å²) < 4.78 is 18.9. The molecule has 0 amide bonds. The van der Waals surface area contributed by atoms with E-state index in [0.29, 0.717) is 25.2 Å². The molecule has 3 heterocycles. The molecule has 2 aromatic rings. The summed E-state index contributed by atoms with van der Waals surface area (Å²) >= 11 is 0. The van der Waals surface area contributed by atoms with Gasteiger partial charge in [0, 0.05) is 43.9 Å². The van der Waals surface area contributed by atoms with Gasteiger partial charge in [-0.1, -0.05) is 0 Å². The van der Waals surface area contributed by atoms with Gasteiger partial charge in [0.15, 0.2) is 0 Å². The first-order valence-electron chi connectivity index (χ1n) is 9.58. The van der Waals surface area contributed by atoms with Crippen molar-refractivity contribution in [2.24, 2.45) is 0 Å². The molecule has 2 atom stereocenters. The number of aromatic nitrogens is 2. The molecule has 27 heavy (non-hydrogen) atoms. The predicted octanol–water partition coefficient (Wildman–Crippen LogP) is 2.31. The second kappa shape index (κ2) is 7.78. The second-order valence-electron chi connectivity index (χ2n) is 7.28. The summed E-state index contributed by atoms with van der Waals surface area (Å²) in [4.78, 5) is 14.3. The van der Waals surface area contributed by atoms with Crippen LogP contribution in [0.15, 0.2) is 30.3 Å². The number of hydrogen-bond acceptors (Lipinski definition) is 6. The Balaban J connectivity index is 1.76. The van der Waals surface area contributed by atoms with Crippen LogP contribution in [0.3, 0.4) is 0 Å². The molecule has 1 aromatic carbocycles. The minimum Gasteiger partial charge on any atom is -0.377 e. The van der Waals surface area contributed by atoms with E-state index in [4.69, 9.17) is 14.7 Å². The van der Waals surface area contributed by atoms with Crippen molar-refractivity contribution in [3.8, 4) is 11.3 Å². The molecular formula is C20H26FN5O. The van der Waals surface area contributed by atoms with E-state index < -0.39 is 0 Å². The quantitative estimate of drug-likeness (QED) is 0.894. The van der Waals surface area contributed by atoms with Gasteiger partial charge < -0.3 is 19.9 Å². The number of nitrogens with zero attached hydrogens (tertiary/aromatic N) is 4. The van der Waals surface area contributed by atoms with E-state index >= 15 is 0 Å². The summed E-state index contributed by atoms with van der Waals surface area (Å²) in [6.07, 6.45) is 0. The van der Waals surface area contributed by atoms with Crippen LogP contribution in [-0.4, -0.2) is 61.4 Å². The van der Waals surface area contributed by atoms with Crippen LogP contribution in [0.2, 0.25) is 0 Å². The van der Waals surface area contributed by atoms with Gasteiger partial charge in [0.1, 0.15) is 11.6 Å². The molecule has 0 saturated carbocycles. The Labute approximate surface area is 159 Å².